The van der Waals surface area contributed by atoms with Crippen molar-refractivity contribution in [2.75, 3.05) is 6.61 Å². The Labute approximate surface area is 113 Å². The van der Waals surface area contributed by atoms with Gasteiger partial charge >= 0.3 is 0 Å². The summed E-state index contributed by atoms with van der Waals surface area (Å²) in [4.78, 5) is 16.9. The Kier molecular flexibility index (Phi) is 4.57. The van der Waals surface area contributed by atoms with Crippen molar-refractivity contribution < 1.29 is 19.5 Å². The zero-order valence-electron chi connectivity index (χ0n) is 9.69. The number of aromatic hydroxyl groups is 1. The van der Waals surface area contributed by atoms with Gasteiger partial charge in [0.1, 0.15) is 5.75 Å². The fraction of sp³-hybridized carbons (Fsp3) is 0.417. The van der Waals surface area contributed by atoms with Gasteiger partial charge in [-0.25, -0.2) is 10.3 Å². The molecule has 1 saturated heterocycles. The van der Waals surface area contributed by atoms with Crippen molar-refractivity contribution in [1.29, 1.82) is 0 Å². The Bertz CT molecular complexity index is 432. The molecule has 1 aromatic rings. The maximum absolute atomic E-state index is 11.8. The van der Waals surface area contributed by atoms with Gasteiger partial charge < -0.3 is 9.84 Å². The summed E-state index contributed by atoms with van der Waals surface area (Å²) in [7, 11) is 0. The second-order valence-corrected chi connectivity index (χ2v) is 4.92. The number of carbonyl (C=O) groups is 1. The number of hydrogen-bond donors (Lipinski definition) is 2. The molecule has 0 radical (unpaired) electrons. The van der Waals surface area contributed by atoms with E-state index in [1.807, 2.05) is 0 Å². The van der Waals surface area contributed by atoms with E-state index in [-0.39, 0.29) is 11.3 Å². The third-order valence-corrected chi connectivity index (χ3v) is 3.12. The predicted octanol–water partition coefficient (Wildman–Crippen LogP) is 2.34. The molecule has 1 fully saturated rings. The highest BCUT2D eigenvalue weighted by Gasteiger charge is 2.17. The summed E-state index contributed by atoms with van der Waals surface area (Å²) in [6.45, 7) is 0.642. The average Bonchev–Trinajstić information content (AvgIpc) is 2.40. The van der Waals surface area contributed by atoms with Gasteiger partial charge in [0.05, 0.1) is 5.56 Å². The Morgan fingerprint density at radius 1 is 1.50 bits per heavy atom. The molecular weight excluding hydrogens is 302 g/mol. The van der Waals surface area contributed by atoms with Gasteiger partial charge in [0, 0.05) is 17.5 Å². The van der Waals surface area contributed by atoms with E-state index in [9.17, 15) is 9.90 Å². The summed E-state index contributed by atoms with van der Waals surface area (Å²) in [6.07, 6.45) is 2.38. The molecule has 0 aromatic heterocycles. The molecule has 1 heterocycles. The Morgan fingerprint density at radius 2 is 2.33 bits per heavy atom. The van der Waals surface area contributed by atoms with Crippen LogP contribution >= 0.6 is 15.9 Å². The van der Waals surface area contributed by atoms with E-state index in [1.165, 1.54) is 12.1 Å². The van der Waals surface area contributed by atoms with Crippen LogP contribution in [0.5, 0.6) is 5.75 Å². The lowest BCUT2D eigenvalue weighted by atomic mass is 10.2. The molecule has 2 rings (SSSR count). The van der Waals surface area contributed by atoms with E-state index in [4.69, 9.17) is 9.57 Å². The molecule has 1 aromatic carbocycles. The number of hydrogen-bond acceptors (Lipinski definition) is 4. The molecule has 0 aliphatic carbocycles. The molecule has 0 saturated carbocycles. The SMILES string of the molecule is O=C(NOC1CCCCO1)c1cc(Br)ccc1O. The van der Waals surface area contributed by atoms with Crippen molar-refractivity contribution in [3.05, 3.63) is 28.2 Å². The molecule has 6 heteroatoms. The van der Waals surface area contributed by atoms with E-state index >= 15 is 0 Å². The van der Waals surface area contributed by atoms with Crippen LogP contribution in [0.1, 0.15) is 29.6 Å². The number of halogens is 1. The van der Waals surface area contributed by atoms with Crippen LogP contribution in [0, 0.1) is 0 Å². The van der Waals surface area contributed by atoms with E-state index in [0.717, 1.165) is 19.3 Å². The smallest absolute Gasteiger partial charge is 0.278 e. The van der Waals surface area contributed by atoms with Gasteiger partial charge in [-0.2, -0.15) is 0 Å². The average molecular weight is 316 g/mol. The van der Waals surface area contributed by atoms with E-state index < -0.39 is 12.2 Å². The van der Waals surface area contributed by atoms with Crippen molar-refractivity contribution in [2.45, 2.75) is 25.6 Å². The molecule has 1 aliphatic rings. The van der Waals surface area contributed by atoms with Crippen LogP contribution in [0.2, 0.25) is 0 Å². The van der Waals surface area contributed by atoms with E-state index in [1.54, 1.807) is 6.07 Å². The molecule has 18 heavy (non-hydrogen) atoms. The minimum absolute atomic E-state index is 0.0936. The third kappa shape index (κ3) is 3.44. The molecule has 1 aliphatic heterocycles. The number of phenols is 1. The number of carbonyl (C=O) groups excluding carboxylic acids is 1. The largest absolute Gasteiger partial charge is 0.507 e. The third-order valence-electron chi connectivity index (χ3n) is 2.62. The highest BCUT2D eigenvalue weighted by atomic mass is 79.9. The maximum Gasteiger partial charge on any atom is 0.278 e. The molecule has 0 spiro atoms. The number of benzene rings is 1. The van der Waals surface area contributed by atoms with Gasteiger partial charge in [-0.15, -0.1) is 0 Å². The molecule has 0 bridgehead atoms. The van der Waals surface area contributed by atoms with Crippen LogP contribution in [0.25, 0.3) is 0 Å². The Morgan fingerprint density at radius 3 is 3.06 bits per heavy atom. The number of hydroxylamine groups is 1. The number of phenolic OH excluding ortho intramolecular Hbond substituents is 1. The maximum atomic E-state index is 11.8. The Hall–Kier alpha value is -1.11. The van der Waals surface area contributed by atoms with Gasteiger partial charge in [-0.05, 0) is 31.0 Å². The van der Waals surface area contributed by atoms with Crippen molar-refractivity contribution in [2.24, 2.45) is 0 Å². The number of amides is 1. The van der Waals surface area contributed by atoms with Crippen LogP contribution in [0.15, 0.2) is 22.7 Å². The van der Waals surface area contributed by atoms with Crippen LogP contribution in [0.3, 0.4) is 0 Å². The lowest BCUT2D eigenvalue weighted by molar-refractivity contribution is -0.186. The fourth-order valence-corrected chi connectivity index (χ4v) is 2.03. The monoisotopic (exact) mass is 315 g/mol. The summed E-state index contributed by atoms with van der Waals surface area (Å²) < 4.78 is 6.02. The van der Waals surface area contributed by atoms with Crippen molar-refractivity contribution in [1.82, 2.24) is 5.48 Å². The summed E-state index contributed by atoms with van der Waals surface area (Å²) in [6, 6.07) is 4.61. The molecule has 5 nitrogen and oxygen atoms in total. The quantitative estimate of drug-likeness (QED) is 0.840. The van der Waals surface area contributed by atoms with Gasteiger partial charge in [-0.1, -0.05) is 15.9 Å². The van der Waals surface area contributed by atoms with Gasteiger partial charge in [-0.3, -0.25) is 4.79 Å². The van der Waals surface area contributed by atoms with Crippen molar-refractivity contribution >= 4 is 21.8 Å². The standard InChI is InChI=1S/C12H14BrNO4/c13-8-4-5-10(15)9(7-8)12(16)14-18-11-3-1-2-6-17-11/h4-5,7,11,15H,1-3,6H2,(H,14,16). The lowest BCUT2D eigenvalue weighted by Crippen LogP contribution is -2.33. The molecule has 1 amide bonds. The first-order valence-corrected chi connectivity index (χ1v) is 6.52. The zero-order valence-corrected chi connectivity index (χ0v) is 11.3. The van der Waals surface area contributed by atoms with Gasteiger partial charge in [0.2, 0.25) is 0 Å². The molecule has 1 unspecified atom stereocenters. The topological polar surface area (TPSA) is 67.8 Å². The van der Waals surface area contributed by atoms with Crippen LogP contribution in [-0.2, 0) is 9.57 Å². The summed E-state index contributed by atoms with van der Waals surface area (Å²) >= 11 is 3.24. The Balaban J connectivity index is 1.92. The van der Waals surface area contributed by atoms with Gasteiger partial charge in [0.25, 0.3) is 5.91 Å². The summed E-state index contributed by atoms with van der Waals surface area (Å²) in [5.74, 6) is -0.591. The van der Waals surface area contributed by atoms with Crippen molar-refractivity contribution in [3.63, 3.8) is 0 Å². The fourth-order valence-electron chi connectivity index (χ4n) is 1.67. The normalized spacial score (nSPS) is 19.5. The predicted molar refractivity (Wildman–Crippen MR) is 67.9 cm³/mol. The van der Waals surface area contributed by atoms with E-state index in [0.29, 0.717) is 11.1 Å². The first-order chi connectivity index (χ1) is 8.66. The zero-order chi connectivity index (χ0) is 13.0. The van der Waals surface area contributed by atoms with Crippen LogP contribution in [-0.4, -0.2) is 23.9 Å². The second-order valence-electron chi connectivity index (χ2n) is 4.01. The van der Waals surface area contributed by atoms with Crippen LogP contribution < -0.4 is 5.48 Å². The number of nitrogens with one attached hydrogen (secondary N) is 1. The molecule has 1 atom stereocenters. The number of ether oxygens (including phenoxy) is 1. The molecular formula is C12H14BrNO4. The summed E-state index contributed by atoms with van der Waals surface area (Å²) in [5, 5.41) is 9.57. The first kappa shape index (κ1) is 13.3. The minimum atomic E-state index is -0.497. The minimum Gasteiger partial charge on any atom is -0.507 e. The highest BCUT2D eigenvalue weighted by Crippen LogP contribution is 2.22. The van der Waals surface area contributed by atoms with E-state index in [2.05, 4.69) is 21.4 Å². The highest BCUT2D eigenvalue weighted by molar-refractivity contribution is 9.10. The first-order valence-electron chi connectivity index (χ1n) is 5.73. The van der Waals surface area contributed by atoms with Crippen molar-refractivity contribution in [3.8, 4) is 5.75 Å². The van der Waals surface area contributed by atoms with Crippen LogP contribution in [0.4, 0.5) is 0 Å². The lowest BCUT2D eigenvalue weighted by Gasteiger charge is -2.22. The molecule has 98 valence electrons. The van der Waals surface area contributed by atoms with Gasteiger partial charge in [0.15, 0.2) is 6.29 Å². The second kappa shape index (κ2) is 6.17. The number of rotatable bonds is 3. The summed E-state index contributed by atoms with van der Waals surface area (Å²) in [5.41, 5.74) is 2.44. The molecule has 2 N–H and O–H groups in total.